The van der Waals surface area contributed by atoms with Crippen LogP contribution in [0.4, 0.5) is 5.82 Å². The molecule has 0 aliphatic rings. The van der Waals surface area contributed by atoms with Crippen molar-refractivity contribution >= 4 is 23.2 Å². The Morgan fingerprint density at radius 1 is 1.65 bits per heavy atom. The van der Waals surface area contributed by atoms with Crippen LogP contribution in [0, 0.1) is 6.92 Å². The molecule has 0 saturated carbocycles. The van der Waals surface area contributed by atoms with Gasteiger partial charge in [-0.05, 0) is 20.1 Å². The van der Waals surface area contributed by atoms with Crippen LogP contribution in [0.5, 0.6) is 0 Å². The van der Waals surface area contributed by atoms with Gasteiger partial charge < -0.3 is 5.32 Å². The van der Waals surface area contributed by atoms with Gasteiger partial charge in [0.1, 0.15) is 11.6 Å². The molecule has 0 amide bonds. The summed E-state index contributed by atoms with van der Waals surface area (Å²) in [5.74, 6) is 2.37. The summed E-state index contributed by atoms with van der Waals surface area (Å²) in [6.07, 6.45) is 2.06. The first-order chi connectivity index (χ1) is 8.11. The van der Waals surface area contributed by atoms with Crippen LogP contribution in [0.25, 0.3) is 5.65 Å². The molecule has 2 N–H and O–H groups in total. The predicted molar refractivity (Wildman–Crippen MR) is 69.8 cm³/mol. The SMILES string of the molecule is CSCC(C)Nc1cc2n[nH]c(=O)n2c(C)n1. The Balaban J connectivity index is 2.34. The lowest BCUT2D eigenvalue weighted by Gasteiger charge is -2.13. The highest BCUT2D eigenvalue weighted by Crippen LogP contribution is 2.10. The van der Waals surface area contributed by atoms with Gasteiger partial charge >= 0.3 is 5.69 Å². The lowest BCUT2D eigenvalue weighted by molar-refractivity contribution is 0.881. The van der Waals surface area contributed by atoms with E-state index in [1.54, 1.807) is 24.8 Å². The number of hydrogen-bond donors (Lipinski definition) is 2. The first-order valence-electron chi connectivity index (χ1n) is 5.32. The third kappa shape index (κ3) is 2.44. The molecule has 0 spiro atoms. The summed E-state index contributed by atoms with van der Waals surface area (Å²) in [5.41, 5.74) is 0.329. The third-order valence-corrected chi connectivity index (χ3v) is 3.21. The Kier molecular flexibility index (Phi) is 3.37. The number of nitrogens with one attached hydrogen (secondary N) is 2. The van der Waals surface area contributed by atoms with Crippen molar-refractivity contribution in [3.8, 4) is 0 Å². The van der Waals surface area contributed by atoms with E-state index in [1.807, 2.05) is 0 Å². The first kappa shape index (κ1) is 12.0. The maximum absolute atomic E-state index is 11.4. The number of aryl methyl sites for hydroxylation is 1. The lowest BCUT2D eigenvalue weighted by Crippen LogP contribution is -2.20. The van der Waals surface area contributed by atoms with Crippen LogP contribution in [0.1, 0.15) is 12.7 Å². The van der Waals surface area contributed by atoms with E-state index >= 15 is 0 Å². The van der Waals surface area contributed by atoms with E-state index in [2.05, 4.69) is 33.7 Å². The summed E-state index contributed by atoms with van der Waals surface area (Å²) in [6, 6.07) is 2.09. The second-order valence-corrected chi connectivity index (χ2v) is 4.82. The van der Waals surface area contributed by atoms with Gasteiger partial charge in [0.25, 0.3) is 0 Å². The van der Waals surface area contributed by atoms with Gasteiger partial charge in [-0.1, -0.05) is 0 Å². The number of H-pyrrole nitrogens is 1. The van der Waals surface area contributed by atoms with Crippen LogP contribution >= 0.6 is 11.8 Å². The van der Waals surface area contributed by atoms with Crippen molar-refractivity contribution in [1.29, 1.82) is 0 Å². The maximum Gasteiger partial charge on any atom is 0.349 e. The first-order valence-corrected chi connectivity index (χ1v) is 6.71. The second kappa shape index (κ2) is 4.79. The zero-order valence-electron chi connectivity index (χ0n) is 10.0. The number of aromatic nitrogens is 4. The van der Waals surface area contributed by atoms with E-state index in [9.17, 15) is 4.79 Å². The number of thioether (sulfide) groups is 1. The minimum absolute atomic E-state index is 0.256. The molecule has 0 radical (unpaired) electrons. The molecule has 2 aromatic heterocycles. The highest BCUT2D eigenvalue weighted by atomic mass is 32.2. The monoisotopic (exact) mass is 253 g/mol. The van der Waals surface area contributed by atoms with E-state index in [1.165, 1.54) is 4.40 Å². The van der Waals surface area contributed by atoms with Gasteiger partial charge in [-0.15, -0.1) is 0 Å². The van der Waals surface area contributed by atoms with E-state index < -0.39 is 0 Å². The molecule has 17 heavy (non-hydrogen) atoms. The molecule has 0 saturated heterocycles. The van der Waals surface area contributed by atoms with Crippen molar-refractivity contribution in [3.63, 3.8) is 0 Å². The number of hydrogen-bond acceptors (Lipinski definition) is 5. The Hall–Kier alpha value is -1.50. The fourth-order valence-electron chi connectivity index (χ4n) is 1.72. The van der Waals surface area contributed by atoms with Crippen molar-refractivity contribution in [2.45, 2.75) is 19.9 Å². The van der Waals surface area contributed by atoms with Gasteiger partial charge in [0.15, 0.2) is 5.65 Å². The lowest BCUT2D eigenvalue weighted by atomic mass is 10.4. The topological polar surface area (TPSA) is 75.1 Å². The molecule has 0 fully saturated rings. The predicted octanol–water partition coefficient (Wildman–Crippen LogP) is 0.889. The molecular weight excluding hydrogens is 238 g/mol. The quantitative estimate of drug-likeness (QED) is 0.846. The number of fused-ring (bicyclic) bond motifs is 1. The zero-order valence-corrected chi connectivity index (χ0v) is 10.8. The van der Waals surface area contributed by atoms with Crippen molar-refractivity contribution in [2.24, 2.45) is 0 Å². The fourth-order valence-corrected chi connectivity index (χ4v) is 2.30. The van der Waals surface area contributed by atoms with Crippen LogP contribution in [-0.4, -0.2) is 37.6 Å². The molecule has 0 aromatic carbocycles. The second-order valence-electron chi connectivity index (χ2n) is 3.91. The fraction of sp³-hybridized carbons (Fsp3) is 0.500. The highest BCUT2D eigenvalue weighted by Gasteiger charge is 2.08. The Morgan fingerprint density at radius 3 is 3.12 bits per heavy atom. The summed E-state index contributed by atoms with van der Waals surface area (Å²) in [7, 11) is 0. The summed E-state index contributed by atoms with van der Waals surface area (Å²) < 4.78 is 1.45. The van der Waals surface area contributed by atoms with Crippen molar-refractivity contribution in [2.75, 3.05) is 17.3 Å². The van der Waals surface area contributed by atoms with E-state index in [4.69, 9.17) is 0 Å². The van der Waals surface area contributed by atoms with Gasteiger partial charge in [0.2, 0.25) is 0 Å². The van der Waals surface area contributed by atoms with E-state index in [-0.39, 0.29) is 5.69 Å². The van der Waals surface area contributed by atoms with Crippen molar-refractivity contribution in [1.82, 2.24) is 19.6 Å². The van der Waals surface area contributed by atoms with Gasteiger partial charge in [0, 0.05) is 17.9 Å². The van der Waals surface area contributed by atoms with Gasteiger partial charge in [0.05, 0.1) is 0 Å². The van der Waals surface area contributed by atoms with Crippen LogP contribution in [0.15, 0.2) is 10.9 Å². The Labute approximate surface area is 103 Å². The molecule has 2 heterocycles. The third-order valence-electron chi connectivity index (χ3n) is 2.38. The number of rotatable bonds is 4. The molecular formula is C10H15N5OS. The molecule has 0 bridgehead atoms. The van der Waals surface area contributed by atoms with Crippen LogP contribution in [0.2, 0.25) is 0 Å². The highest BCUT2D eigenvalue weighted by molar-refractivity contribution is 7.98. The molecule has 0 aliphatic carbocycles. The van der Waals surface area contributed by atoms with Crippen LogP contribution in [0.3, 0.4) is 0 Å². The Morgan fingerprint density at radius 2 is 2.41 bits per heavy atom. The average Bonchev–Trinajstić information content (AvgIpc) is 2.60. The largest absolute Gasteiger partial charge is 0.367 e. The number of anilines is 1. The number of aromatic amines is 1. The molecule has 6 nitrogen and oxygen atoms in total. The van der Waals surface area contributed by atoms with Gasteiger partial charge in [-0.25, -0.2) is 19.3 Å². The summed E-state index contributed by atoms with van der Waals surface area (Å²) >= 11 is 1.77. The molecule has 1 atom stereocenters. The number of nitrogens with zero attached hydrogens (tertiary/aromatic N) is 3. The summed E-state index contributed by atoms with van der Waals surface area (Å²) in [6.45, 7) is 3.88. The van der Waals surface area contributed by atoms with Crippen LogP contribution in [-0.2, 0) is 0 Å². The van der Waals surface area contributed by atoms with E-state index in [0.717, 1.165) is 11.6 Å². The van der Waals surface area contributed by atoms with Crippen LogP contribution < -0.4 is 11.0 Å². The standard InChI is InChI=1S/C10H15N5OS/c1-6(5-17-3)11-8-4-9-13-14-10(16)15(9)7(2)12-8/h4,6,11H,5H2,1-3H3,(H,14,16). The maximum atomic E-state index is 11.4. The van der Waals surface area contributed by atoms with Crippen molar-refractivity contribution < 1.29 is 0 Å². The molecule has 2 aromatic rings. The smallest absolute Gasteiger partial charge is 0.349 e. The average molecular weight is 253 g/mol. The van der Waals surface area contributed by atoms with Gasteiger partial charge in [-0.3, -0.25) is 0 Å². The molecule has 92 valence electrons. The summed E-state index contributed by atoms with van der Waals surface area (Å²) in [4.78, 5) is 15.8. The molecule has 1 unspecified atom stereocenters. The minimum Gasteiger partial charge on any atom is -0.367 e. The van der Waals surface area contributed by atoms with Gasteiger partial charge in [-0.2, -0.15) is 16.9 Å². The molecule has 7 heteroatoms. The van der Waals surface area contributed by atoms with Crippen molar-refractivity contribution in [3.05, 3.63) is 22.4 Å². The van der Waals surface area contributed by atoms with E-state index in [0.29, 0.717) is 17.5 Å². The Bertz CT molecular complexity index is 576. The minimum atomic E-state index is -0.256. The molecule has 0 aliphatic heterocycles. The molecule has 2 rings (SSSR count). The normalized spacial score (nSPS) is 12.9. The summed E-state index contributed by atoms with van der Waals surface area (Å²) in [5, 5.41) is 9.63. The zero-order chi connectivity index (χ0) is 12.4.